The Kier molecular flexibility index (Phi) is 3.42. The Morgan fingerprint density at radius 2 is 2.16 bits per heavy atom. The minimum absolute atomic E-state index is 0.133. The Balaban J connectivity index is 2.43. The lowest BCUT2D eigenvalue weighted by Gasteiger charge is -2.03. The number of nitriles is 1. The van der Waals surface area contributed by atoms with Crippen LogP contribution < -0.4 is 4.74 Å². The highest BCUT2D eigenvalue weighted by molar-refractivity contribution is 5.66. The first-order chi connectivity index (χ1) is 9.02. The van der Waals surface area contributed by atoms with Gasteiger partial charge in [0.1, 0.15) is 5.82 Å². The second-order valence-electron chi connectivity index (χ2n) is 3.71. The molecule has 1 aromatic carbocycles. The summed E-state index contributed by atoms with van der Waals surface area (Å²) < 4.78 is 42.2. The van der Waals surface area contributed by atoms with Gasteiger partial charge in [-0.25, -0.2) is 4.39 Å². The monoisotopic (exact) mass is 267 g/mol. The zero-order valence-electron chi connectivity index (χ0n) is 9.75. The van der Waals surface area contributed by atoms with Gasteiger partial charge in [0.2, 0.25) is 5.88 Å². The smallest absolute Gasteiger partial charge is 0.388 e. The molecule has 0 fully saturated rings. The summed E-state index contributed by atoms with van der Waals surface area (Å²) in [7, 11) is 0. The van der Waals surface area contributed by atoms with E-state index in [1.807, 2.05) is 0 Å². The number of alkyl halides is 2. The van der Waals surface area contributed by atoms with Crippen molar-refractivity contribution in [3.8, 4) is 23.2 Å². The standard InChI is InChI=1S/C12H8F3N3O/c1-6-10(17-18-11(6)19-12(14)15)8-3-2-7(5-16)4-9(8)13/h2-4,12H,1H3,(H,17,18). The number of benzene rings is 1. The largest absolute Gasteiger partial charge is 0.415 e. The van der Waals surface area contributed by atoms with Crippen molar-refractivity contribution in [3.05, 3.63) is 35.1 Å². The molecule has 0 amide bonds. The number of hydrogen-bond donors (Lipinski definition) is 1. The quantitative estimate of drug-likeness (QED) is 0.929. The molecule has 0 radical (unpaired) electrons. The summed E-state index contributed by atoms with van der Waals surface area (Å²) in [4.78, 5) is 0. The van der Waals surface area contributed by atoms with Gasteiger partial charge in [-0.1, -0.05) is 0 Å². The molecule has 2 rings (SSSR count). The molecule has 1 heterocycles. The van der Waals surface area contributed by atoms with E-state index < -0.39 is 12.4 Å². The van der Waals surface area contributed by atoms with E-state index in [1.165, 1.54) is 19.1 Å². The van der Waals surface area contributed by atoms with Gasteiger partial charge in [-0.05, 0) is 25.1 Å². The molecule has 0 atom stereocenters. The molecule has 2 aromatic rings. The van der Waals surface area contributed by atoms with Crippen LogP contribution >= 0.6 is 0 Å². The number of nitrogens with zero attached hydrogens (tertiary/aromatic N) is 2. The van der Waals surface area contributed by atoms with Crippen LogP contribution in [0.15, 0.2) is 18.2 Å². The average Bonchev–Trinajstić information content (AvgIpc) is 2.70. The van der Waals surface area contributed by atoms with E-state index in [9.17, 15) is 13.2 Å². The van der Waals surface area contributed by atoms with Crippen molar-refractivity contribution in [1.29, 1.82) is 5.26 Å². The van der Waals surface area contributed by atoms with Crippen molar-refractivity contribution in [2.45, 2.75) is 13.5 Å². The highest BCUT2D eigenvalue weighted by Crippen LogP contribution is 2.30. The molecule has 0 spiro atoms. The summed E-state index contributed by atoms with van der Waals surface area (Å²) in [6.07, 6.45) is 0. The van der Waals surface area contributed by atoms with E-state index in [-0.39, 0.29) is 28.3 Å². The van der Waals surface area contributed by atoms with Gasteiger partial charge < -0.3 is 4.74 Å². The van der Waals surface area contributed by atoms with Gasteiger partial charge in [-0.15, -0.1) is 5.10 Å². The zero-order chi connectivity index (χ0) is 14.0. The third-order valence-corrected chi connectivity index (χ3v) is 2.53. The molecule has 1 N–H and O–H groups in total. The lowest BCUT2D eigenvalue weighted by Crippen LogP contribution is -2.03. The van der Waals surface area contributed by atoms with Crippen LogP contribution in [0.2, 0.25) is 0 Å². The average molecular weight is 267 g/mol. The van der Waals surface area contributed by atoms with Gasteiger partial charge in [0.15, 0.2) is 0 Å². The topological polar surface area (TPSA) is 61.7 Å². The van der Waals surface area contributed by atoms with Gasteiger partial charge in [-0.2, -0.15) is 14.0 Å². The summed E-state index contributed by atoms with van der Waals surface area (Å²) in [6, 6.07) is 5.66. The van der Waals surface area contributed by atoms with Gasteiger partial charge >= 0.3 is 6.61 Å². The molecule has 1 aromatic heterocycles. The first-order valence-corrected chi connectivity index (χ1v) is 5.22. The molecule has 7 heteroatoms. The third-order valence-electron chi connectivity index (χ3n) is 2.53. The first-order valence-electron chi connectivity index (χ1n) is 5.22. The van der Waals surface area contributed by atoms with Crippen molar-refractivity contribution >= 4 is 0 Å². The minimum Gasteiger partial charge on any atom is -0.415 e. The number of rotatable bonds is 3. The summed E-state index contributed by atoms with van der Waals surface area (Å²) in [5.41, 5.74) is 0.803. The highest BCUT2D eigenvalue weighted by atomic mass is 19.3. The maximum Gasteiger partial charge on any atom is 0.388 e. The van der Waals surface area contributed by atoms with Crippen molar-refractivity contribution in [3.63, 3.8) is 0 Å². The van der Waals surface area contributed by atoms with E-state index in [0.717, 1.165) is 6.07 Å². The maximum atomic E-state index is 13.8. The molecule has 0 saturated carbocycles. The number of aromatic nitrogens is 2. The fraction of sp³-hybridized carbons (Fsp3) is 0.167. The lowest BCUT2D eigenvalue weighted by atomic mass is 10.1. The second-order valence-corrected chi connectivity index (χ2v) is 3.71. The zero-order valence-corrected chi connectivity index (χ0v) is 9.75. The fourth-order valence-electron chi connectivity index (χ4n) is 1.63. The van der Waals surface area contributed by atoms with E-state index in [2.05, 4.69) is 14.9 Å². The Morgan fingerprint density at radius 1 is 1.42 bits per heavy atom. The van der Waals surface area contributed by atoms with E-state index in [0.29, 0.717) is 0 Å². The molecule has 0 aliphatic rings. The molecule has 0 bridgehead atoms. The maximum absolute atomic E-state index is 13.8. The van der Waals surface area contributed by atoms with Gasteiger partial charge in [0.25, 0.3) is 0 Å². The van der Waals surface area contributed by atoms with Crippen LogP contribution in [-0.2, 0) is 0 Å². The molecule has 0 saturated heterocycles. The Labute approximate surface area is 106 Å². The first kappa shape index (κ1) is 13.0. The molecule has 98 valence electrons. The van der Waals surface area contributed by atoms with Crippen LogP contribution in [0, 0.1) is 24.1 Å². The van der Waals surface area contributed by atoms with Crippen molar-refractivity contribution in [2.24, 2.45) is 0 Å². The van der Waals surface area contributed by atoms with Crippen molar-refractivity contribution in [1.82, 2.24) is 10.2 Å². The van der Waals surface area contributed by atoms with Crippen LogP contribution in [0.3, 0.4) is 0 Å². The normalized spacial score (nSPS) is 10.5. The van der Waals surface area contributed by atoms with E-state index in [4.69, 9.17) is 5.26 Å². The summed E-state index contributed by atoms with van der Waals surface area (Å²) in [6.45, 7) is -1.52. The van der Waals surface area contributed by atoms with E-state index >= 15 is 0 Å². The SMILES string of the molecule is Cc1c(OC(F)F)n[nH]c1-c1ccc(C#N)cc1F. The molecular weight excluding hydrogens is 259 g/mol. The minimum atomic E-state index is -3.00. The molecule has 0 aliphatic heterocycles. The number of halogens is 3. The summed E-state index contributed by atoms with van der Waals surface area (Å²) >= 11 is 0. The van der Waals surface area contributed by atoms with Gasteiger partial charge in [0.05, 0.1) is 17.3 Å². The van der Waals surface area contributed by atoms with Crippen molar-refractivity contribution in [2.75, 3.05) is 0 Å². The second kappa shape index (κ2) is 5.02. The Bertz CT molecular complexity index is 646. The molecule has 19 heavy (non-hydrogen) atoms. The molecular formula is C12H8F3N3O. The van der Waals surface area contributed by atoms with Gasteiger partial charge in [-0.3, -0.25) is 5.10 Å². The lowest BCUT2D eigenvalue weighted by molar-refractivity contribution is -0.0533. The number of aromatic amines is 1. The van der Waals surface area contributed by atoms with Crippen LogP contribution in [0.5, 0.6) is 5.88 Å². The van der Waals surface area contributed by atoms with Crippen LogP contribution in [0.25, 0.3) is 11.3 Å². The van der Waals surface area contributed by atoms with Crippen LogP contribution in [-0.4, -0.2) is 16.8 Å². The number of ether oxygens (including phenoxy) is 1. The van der Waals surface area contributed by atoms with Crippen molar-refractivity contribution < 1.29 is 17.9 Å². The Morgan fingerprint density at radius 3 is 2.74 bits per heavy atom. The summed E-state index contributed by atoms with van der Waals surface area (Å²) in [5, 5.41) is 14.6. The predicted molar refractivity (Wildman–Crippen MR) is 60.1 cm³/mol. The molecule has 0 unspecified atom stereocenters. The predicted octanol–water partition coefficient (Wildman–Crippen LogP) is 3.00. The highest BCUT2D eigenvalue weighted by Gasteiger charge is 2.17. The fourth-order valence-corrected chi connectivity index (χ4v) is 1.63. The van der Waals surface area contributed by atoms with Crippen LogP contribution in [0.4, 0.5) is 13.2 Å². The number of H-pyrrole nitrogens is 1. The molecule has 4 nitrogen and oxygen atoms in total. The Hall–Kier alpha value is -2.49. The van der Waals surface area contributed by atoms with Gasteiger partial charge in [0, 0.05) is 11.1 Å². The number of hydrogen-bond acceptors (Lipinski definition) is 3. The van der Waals surface area contributed by atoms with Crippen LogP contribution in [0.1, 0.15) is 11.1 Å². The summed E-state index contributed by atoms with van der Waals surface area (Å²) in [5.74, 6) is -0.928. The third kappa shape index (κ3) is 2.52. The van der Waals surface area contributed by atoms with E-state index in [1.54, 1.807) is 6.07 Å². The molecule has 0 aliphatic carbocycles. The number of nitrogens with one attached hydrogen (secondary N) is 1.